The third-order valence-corrected chi connectivity index (χ3v) is 7.33. The smallest absolute Gasteiger partial charge is 0.338 e. The van der Waals surface area contributed by atoms with Gasteiger partial charge < -0.3 is 14.2 Å². The molecule has 0 fully saturated rings. The molecule has 0 saturated heterocycles. The van der Waals surface area contributed by atoms with Crippen LogP contribution in [0.3, 0.4) is 0 Å². The first kappa shape index (κ1) is 24.0. The van der Waals surface area contributed by atoms with Gasteiger partial charge in [0.2, 0.25) is 0 Å². The summed E-state index contributed by atoms with van der Waals surface area (Å²) in [5.74, 6) is 0.691. The number of benzene rings is 1. The van der Waals surface area contributed by atoms with Crippen molar-refractivity contribution in [3.8, 4) is 11.5 Å². The monoisotopic (exact) mass is 498 g/mol. The number of para-hydroxylation sites is 1. The summed E-state index contributed by atoms with van der Waals surface area (Å²) in [6.07, 6.45) is 3.21. The summed E-state index contributed by atoms with van der Waals surface area (Å²) in [7, 11) is 3.14. The van der Waals surface area contributed by atoms with Gasteiger partial charge in [0, 0.05) is 10.4 Å². The van der Waals surface area contributed by atoms with Gasteiger partial charge in [-0.05, 0) is 36.9 Å². The maximum absolute atomic E-state index is 13.7. The number of esters is 1. The predicted octanol–water partition coefficient (Wildman–Crippen LogP) is 3.66. The van der Waals surface area contributed by atoms with Crippen molar-refractivity contribution >= 4 is 34.7 Å². The van der Waals surface area contributed by atoms with Crippen molar-refractivity contribution in [3.05, 3.63) is 77.1 Å². The van der Waals surface area contributed by atoms with Gasteiger partial charge >= 0.3 is 5.97 Å². The van der Waals surface area contributed by atoms with E-state index < -0.39 is 12.0 Å². The van der Waals surface area contributed by atoms with E-state index >= 15 is 0 Å². The maximum atomic E-state index is 13.7. The molecule has 1 aromatic carbocycles. The van der Waals surface area contributed by atoms with Crippen molar-refractivity contribution < 1.29 is 19.0 Å². The van der Waals surface area contributed by atoms with Gasteiger partial charge in [-0.3, -0.25) is 9.36 Å². The number of methoxy groups -OCH3 is 2. The summed E-state index contributed by atoms with van der Waals surface area (Å²) < 4.78 is 18.4. The van der Waals surface area contributed by atoms with E-state index in [9.17, 15) is 9.59 Å². The fourth-order valence-electron chi connectivity index (χ4n) is 4.00. The Bertz CT molecular complexity index is 1400. The summed E-state index contributed by atoms with van der Waals surface area (Å²) in [4.78, 5) is 33.0. The van der Waals surface area contributed by atoms with E-state index in [-0.39, 0.29) is 12.2 Å². The average molecular weight is 499 g/mol. The zero-order valence-electron chi connectivity index (χ0n) is 19.5. The van der Waals surface area contributed by atoms with E-state index in [1.807, 2.05) is 36.6 Å². The molecule has 0 amide bonds. The predicted molar refractivity (Wildman–Crippen MR) is 133 cm³/mol. The minimum Gasteiger partial charge on any atom is -0.493 e. The van der Waals surface area contributed by atoms with E-state index in [1.165, 1.54) is 22.7 Å². The van der Waals surface area contributed by atoms with Gasteiger partial charge in [-0.25, -0.2) is 9.79 Å². The molecule has 1 aliphatic heterocycles. The van der Waals surface area contributed by atoms with Crippen molar-refractivity contribution in [2.45, 2.75) is 32.7 Å². The molecule has 0 unspecified atom stereocenters. The Morgan fingerprint density at radius 2 is 2.00 bits per heavy atom. The van der Waals surface area contributed by atoms with Gasteiger partial charge in [0.1, 0.15) is 6.04 Å². The molecule has 2 aromatic heterocycles. The number of rotatable bonds is 8. The van der Waals surface area contributed by atoms with Crippen LogP contribution in [0.4, 0.5) is 0 Å². The van der Waals surface area contributed by atoms with Crippen LogP contribution in [0.2, 0.25) is 0 Å². The highest BCUT2D eigenvalue weighted by atomic mass is 32.1. The first-order chi connectivity index (χ1) is 16.5. The number of thiophene rings is 1. The molecule has 178 valence electrons. The minimum absolute atomic E-state index is 0.218. The fourth-order valence-corrected chi connectivity index (χ4v) is 5.84. The summed E-state index contributed by atoms with van der Waals surface area (Å²) in [5.41, 5.74) is 1.61. The normalized spacial score (nSPS) is 15.6. The molecule has 0 bridgehead atoms. The highest BCUT2D eigenvalue weighted by Crippen LogP contribution is 2.35. The highest BCUT2D eigenvalue weighted by Gasteiger charge is 2.34. The van der Waals surface area contributed by atoms with Crippen LogP contribution in [-0.4, -0.2) is 31.4 Å². The van der Waals surface area contributed by atoms with Crippen LogP contribution in [0.15, 0.2) is 56.8 Å². The quantitative estimate of drug-likeness (QED) is 0.443. The Hall–Kier alpha value is -3.17. The van der Waals surface area contributed by atoms with Gasteiger partial charge in [-0.1, -0.05) is 42.9 Å². The molecule has 0 spiro atoms. The number of hydrogen-bond acceptors (Lipinski definition) is 8. The summed E-state index contributed by atoms with van der Waals surface area (Å²) in [6.45, 7) is 4.06. The molecular formula is C25H26N2O5S2. The fraction of sp³-hybridized carbons (Fsp3) is 0.320. The SMILES string of the molecule is CCCC1=C(C(=O)OCC)[C@H](c2cccs2)n2c(s/c(=C\c3cccc(OC)c3OC)c2=O)=N1. The first-order valence-corrected chi connectivity index (χ1v) is 12.7. The van der Waals surface area contributed by atoms with Crippen LogP contribution in [0, 0.1) is 0 Å². The van der Waals surface area contributed by atoms with Crippen LogP contribution in [0.1, 0.15) is 43.2 Å². The molecule has 1 atom stereocenters. The molecule has 0 saturated carbocycles. The van der Waals surface area contributed by atoms with Crippen LogP contribution in [0.5, 0.6) is 11.5 Å². The van der Waals surface area contributed by atoms with E-state index in [2.05, 4.69) is 0 Å². The Morgan fingerprint density at radius 3 is 2.65 bits per heavy atom. The zero-order chi connectivity index (χ0) is 24.2. The lowest BCUT2D eigenvalue weighted by atomic mass is 9.99. The van der Waals surface area contributed by atoms with Crippen LogP contribution < -0.4 is 24.4 Å². The van der Waals surface area contributed by atoms with Gasteiger partial charge in [0.05, 0.1) is 36.6 Å². The largest absolute Gasteiger partial charge is 0.493 e. The number of ether oxygens (including phenoxy) is 3. The Kier molecular flexibility index (Phi) is 7.33. The number of hydrogen-bond donors (Lipinski definition) is 0. The number of aromatic nitrogens is 1. The lowest BCUT2D eigenvalue weighted by Gasteiger charge is -2.24. The molecular weight excluding hydrogens is 472 g/mol. The number of carbonyl (C=O) groups is 1. The molecule has 9 heteroatoms. The van der Waals surface area contributed by atoms with Gasteiger partial charge in [0.15, 0.2) is 16.3 Å². The molecule has 34 heavy (non-hydrogen) atoms. The summed E-state index contributed by atoms with van der Waals surface area (Å²) in [5, 5.41) is 1.94. The molecule has 0 radical (unpaired) electrons. The lowest BCUT2D eigenvalue weighted by molar-refractivity contribution is -0.139. The molecule has 1 aliphatic rings. The average Bonchev–Trinajstić information content (AvgIpc) is 3.47. The lowest BCUT2D eigenvalue weighted by Crippen LogP contribution is -2.39. The first-order valence-electron chi connectivity index (χ1n) is 11.0. The molecule has 0 N–H and O–H groups in total. The summed E-state index contributed by atoms with van der Waals surface area (Å²) >= 11 is 2.80. The number of thiazole rings is 1. The number of fused-ring (bicyclic) bond motifs is 1. The molecule has 7 nitrogen and oxygen atoms in total. The van der Waals surface area contributed by atoms with E-state index in [1.54, 1.807) is 37.9 Å². The Morgan fingerprint density at radius 1 is 1.18 bits per heavy atom. The third-order valence-electron chi connectivity index (χ3n) is 5.42. The number of nitrogens with zero attached hydrogens (tertiary/aromatic N) is 2. The third kappa shape index (κ3) is 4.33. The molecule has 4 rings (SSSR count). The van der Waals surface area contributed by atoms with E-state index in [4.69, 9.17) is 19.2 Å². The van der Waals surface area contributed by atoms with E-state index in [0.717, 1.165) is 16.9 Å². The highest BCUT2D eigenvalue weighted by molar-refractivity contribution is 7.10. The van der Waals surface area contributed by atoms with Crippen molar-refractivity contribution in [2.75, 3.05) is 20.8 Å². The molecule has 3 heterocycles. The van der Waals surface area contributed by atoms with Gasteiger partial charge in [0.25, 0.3) is 5.56 Å². The second-order valence-corrected chi connectivity index (χ2v) is 9.50. The van der Waals surface area contributed by atoms with Crippen LogP contribution in [-0.2, 0) is 9.53 Å². The van der Waals surface area contributed by atoms with Crippen molar-refractivity contribution in [3.63, 3.8) is 0 Å². The Labute approximate surface area is 205 Å². The van der Waals surface area contributed by atoms with Crippen LogP contribution >= 0.6 is 22.7 Å². The minimum atomic E-state index is -0.578. The second-order valence-electron chi connectivity index (χ2n) is 7.51. The molecule has 0 aliphatic carbocycles. The standard InChI is InChI=1S/C25H26N2O5S2/c1-5-9-16-20(24(29)32-6-2)21(18-12-8-13-33-18)27-23(28)19(34-25(27)26-16)14-15-10-7-11-17(30-3)22(15)31-4/h7-8,10-14,21H,5-6,9H2,1-4H3/b19-14-/t21-/m0/s1. The van der Waals surface area contributed by atoms with E-state index in [0.29, 0.717) is 38.5 Å². The van der Waals surface area contributed by atoms with Gasteiger partial charge in [-0.15, -0.1) is 11.3 Å². The molecule has 3 aromatic rings. The topological polar surface area (TPSA) is 79.1 Å². The Balaban J connectivity index is 1.98. The number of carbonyl (C=O) groups excluding carboxylic acids is 1. The maximum Gasteiger partial charge on any atom is 0.338 e. The van der Waals surface area contributed by atoms with Crippen LogP contribution in [0.25, 0.3) is 6.08 Å². The summed E-state index contributed by atoms with van der Waals surface area (Å²) in [6, 6.07) is 8.79. The number of allylic oxidation sites excluding steroid dienone is 1. The second kappa shape index (κ2) is 10.4. The van der Waals surface area contributed by atoms with Crippen molar-refractivity contribution in [1.82, 2.24) is 4.57 Å². The zero-order valence-corrected chi connectivity index (χ0v) is 21.1. The van der Waals surface area contributed by atoms with Gasteiger partial charge in [-0.2, -0.15) is 0 Å². The van der Waals surface area contributed by atoms with Crippen molar-refractivity contribution in [1.29, 1.82) is 0 Å². The van der Waals surface area contributed by atoms with Crippen molar-refractivity contribution in [2.24, 2.45) is 4.99 Å².